The van der Waals surface area contributed by atoms with Gasteiger partial charge in [-0.25, -0.2) is 18.7 Å². The number of rotatable bonds is 8. The molecule has 0 aliphatic heterocycles. The Morgan fingerprint density at radius 3 is 2.50 bits per heavy atom. The molecule has 7 N–H and O–H groups in total. The van der Waals surface area contributed by atoms with Crippen LogP contribution in [0.5, 0.6) is 0 Å². The summed E-state index contributed by atoms with van der Waals surface area (Å²) in [6, 6.07) is -0.377. The van der Waals surface area contributed by atoms with Crippen molar-refractivity contribution in [3.63, 3.8) is 0 Å². The predicted octanol–water partition coefficient (Wildman–Crippen LogP) is 0.162. The molecule has 2 unspecified atom stereocenters. The number of nitrogen functional groups attached to an aromatic ring is 1. The van der Waals surface area contributed by atoms with E-state index in [1.165, 1.54) is 6.33 Å². The van der Waals surface area contributed by atoms with Crippen LogP contribution >= 0.6 is 23.5 Å². The van der Waals surface area contributed by atoms with Crippen molar-refractivity contribution in [1.29, 1.82) is 0 Å². The molecule has 0 saturated heterocycles. The lowest BCUT2D eigenvalue weighted by atomic mass is 9.76. The third kappa shape index (κ3) is 5.13. The molecule has 4 atom stereocenters. The fourth-order valence-electron chi connectivity index (χ4n) is 2.81. The molecule has 0 aromatic carbocycles. The summed E-state index contributed by atoms with van der Waals surface area (Å²) in [5.41, 5.74) is 5.80. The van der Waals surface area contributed by atoms with Crippen molar-refractivity contribution in [2.45, 2.75) is 12.5 Å². The average molecular weight is 487 g/mol. The average Bonchev–Trinajstić information content (AvgIpc) is 2.93. The molecule has 2 aromatic heterocycles. The van der Waals surface area contributed by atoms with Crippen molar-refractivity contribution in [3.8, 4) is 0 Å². The molecule has 1 saturated carbocycles. The van der Waals surface area contributed by atoms with Gasteiger partial charge < -0.3 is 29.9 Å². The van der Waals surface area contributed by atoms with Gasteiger partial charge in [-0.3, -0.25) is 14.3 Å². The van der Waals surface area contributed by atoms with Crippen LogP contribution < -0.4 is 11.3 Å². The summed E-state index contributed by atoms with van der Waals surface area (Å²) in [6.45, 7) is 3.37. The van der Waals surface area contributed by atoms with Crippen LogP contribution in [0, 0.1) is 5.92 Å². The number of nitrogens with zero attached hydrogens (tertiary/aromatic N) is 3. The monoisotopic (exact) mass is 487 g/mol. The summed E-state index contributed by atoms with van der Waals surface area (Å²) in [6.07, 6.45) is 1.68. The number of nitrogens with two attached hydrogens (primary N) is 1. The van der Waals surface area contributed by atoms with Crippen molar-refractivity contribution >= 4 is 40.6 Å². The number of phosphoric ester groups is 1. The third-order valence-electron chi connectivity index (χ3n) is 4.10. The van der Waals surface area contributed by atoms with Gasteiger partial charge in [0.2, 0.25) is 5.95 Å². The molecule has 0 amide bonds. The fourth-order valence-corrected chi connectivity index (χ4v) is 5.87. The molecule has 0 spiro atoms. The third-order valence-corrected chi connectivity index (χ3v) is 7.90. The van der Waals surface area contributed by atoms with Gasteiger partial charge in [-0.2, -0.15) is 13.6 Å². The second kappa shape index (κ2) is 7.77. The first-order chi connectivity index (χ1) is 13.7. The Morgan fingerprint density at radius 1 is 1.23 bits per heavy atom. The number of H-pyrrole nitrogens is 1. The number of imidazole rings is 1. The van der Waals surface area contributed by atoms with E-state index in [0.29, 0.717) is 12.0 Å². The topological polar surface area (TPSA) is 249 Å². The first-order valence-corrected chi connectivity index (χ1v) is 12.4. The van der Waals surface area contributed by atoms with E-state index in [0.717, 1.165) is 0 Å². The lowest BCUT2D eigenvalue weighted by molar-refractivity contribution is 0.137. The van der Waals surface area contributed by atoms with E-state index in [2.05, 4.69) is 34.7 Å². The molecule has 1 fully saturated rings. The van der Waals surface area contributed by atoms with Gasteiger partial charge in [0.1, 0.15) is 0 Å². The minimum absolute atomic E-state index is 0.0636. The number of hydrogen-bond donors (Lipinski definition) is 6. The van der Waals surface area contributed by atoms with Crippen LogP contribution in [-0.2, 0) is 26.8 Å². The highest BCUT2D eigenvalue weighted by Crippen LogP contribution is 2.66. The molecule has 2 aromatic rings. The van der Waals surface area contributed by atoms with E-state index in [1.807, 2.05) is 0 Å². The van der Waals surface area contributed by atoms with Crippen molar-refractivity contribution in [1.82, 2.24) is 19.5 Å². The van der Waals surface area contributed by atoms with Gasteiger partial charge in [-0.1, -0.05) is 6.58 Å². The largest absolute Gasteiger partial charge is 0.490 e. The standard InChI is InChI=1S/C11H16N5O11P3/c1-5-6(3-25-29(21,22)27-30(23,24)26-28(18,19)20)2-7(5)16-4-13-8-9(16)14-11(12)15-10(8)17/h4,6-7H,1-3H2,(H,21,22)(H,23,24)(H2,18,19,20)(H3,12,14,15,17)/t6-,7-/m0/s1. The number of nitrogens with one attached hydrogen (secondary N) is 1. The summed E-state index contributed by atoms with van der Waals surface area (Å²) in [7, 11) is -16.3. The Balaban J connectivity index is 1.63. The van der Waals surface area contributed by atoms with Gasteiger partial charge in [0.25, 0.3) is 5.56 Å². The lowest BCUT2D eigenvalue weighted by Gasteiger charge is -2.39. The normalized spacial score (nSPS) is 23.7. The number of phosphoric acid groups is 3. The molecule has 1 aliphatic carbocycles. The number of aromatic amines is 1. The molecule has 1 aliphatic rings. The Labute approximate surface area is 166 Å². The first kappa shape index (κ1) is 23.0. The second-order valence-corrected chi connectivity index (χ2v) is 10.6. The van der Waals surface area contributed by atoms with Gasteiger partial charge >= 0.3 is 23.5 Å². The molecular formula is C11H16N5O11P3. The molecule has 2 heterocycles. The first-order valence-electron chi connectivity index (χ1n) is 7.87. The van der Waals surface area contributed by atoms with E-state index in [1.54, 1.807) is 4.57 Å². The molecular weight excluding hydrogens is 471 g/mol. The van der Waals surface area contributed by atoms with Crippen molar-refractivity contribution in [2.24, 2.45) is 5.92 Å². The minimum Gasteiger partial charge on any atom is -0.369 e. The van der Waals surface area contributed by atoms with Crippen LogP contribution in [0.25, 0.3) is 11.2 Å². The number of fused-ring (bicyclic) bond motifs is 1. The van der Waals surface area contributed by atoms with Gasteiger partial charge in [-0.15, -0.1) is 0 Å². The smallest absolute Gasteiger partial charge is 0.369 e. The highest BCUT2D eigenvalue weighted by atomic mass is 31.3. The molecule has 166 valence electrons. The zero-order valence-corrected chi connectivity index (χ0v) is 17.4. The number of anilines is 1. The summed E-state index contributed by atoms with van der Waals surface area (Å²) in [4.78, 5) is 57.7. The number of hydrogen-bond acceptors (Lipinski definition) is 10. The Bertz CT molecular complexity index is 1200. The van der Waals surface area contributed by atoms with Gasteiger partial charge in [0.15, 0.2) is 11.2 Å². The van der Waals surface area contributed by atoms with E-state index >= 15 is 0 Å². The highest BCUT2D eigenvalue weighted by molar-refractivity contribution is 7.66. The summed E-state index contributed by atoms with van der Waals surface area (Å²) in [5.74, 6) is -0.597. The van der Waals surface area contributed by atoms with Gasteiger partial charge in [0.05, 0.1) is 19.0 Å². The van der Waals surface area contributed by atoms with Gasteiger partial charge in [0, 0.05) is 5.92 Å². The van der Waals surface area contributed by atoms with E-state index in [4.69, 9.17) is 20.4 Å². The fraction of sp³-hybridized carbons (Fsp3) is 0.364. The van der Waals surface area contributed by atoms with Crippen molar-refractivity contribution in [3.05, 3.63) is 28.8 Å². The van der Waals surface area contributed by atoms with Crippen LogP contribution in [0.2, 0.25) is 0 Å². The van der Waals surface area contributed by atoms with Gasteiger partial charge in [-0.05, 0) is 12.0 Å². The van der Waals surface area contributed by atoms with E-state index < -0.39 is 41.6 Å². The molecule has 3 rings (SSSR count). The second-order valence-electron chi connectivity index (χ2n) is 6.19. The zero-order chi connectivity index (χ0) is 22.5. The Kier molecular flexibility index (Phi) is 5.95. The molecule has 0 bridgehead atoms. The molecule has 16 nitrogen and oxygen atoms in total. The lowest BCUT2D eigenvalue weighted by Crippen LogP contribution is -2.32. The predicted molar refractivity (Wildman–Crippen MR) is 98.7 cm³/mol. The Morgan fingerprint density at radius 2 is 1.90 bits per heavy atom. The van der Waals surface area contributed by atoms with E-state index in [-0.39, 0.29) is 23.2 Å². The van der Waals surface area contributed by atoms with Crippen LogP contribution in [0.1, 0.15) is 12.5 Å². The maximum Gasteiger partial charge on any atom is 0.490 e. The van der Waals surface area contributed by atoms with Crippen LogP contribution in [0.3, 0.4) is 0 Å². The maximum absolute atomic E-state index is 11.8. The number of aromatic nitrogens is 4. The van der Waals surface area contributed by atoms with E-state index in [9.17, 15) is 23.4 Å². The summed E-state index contributed by atoms with van der Waals surface area (Å²) >= 11 is 0. The van der Waals surface area contributed by atoms with Crippen LogP contribution in [-0.4, -0.2) is 45.7 Å². The molecule has 19 heteroatoms. The quantitative estimate of drug-likeness (QED) is 0.214. The maximum atomic E-state index is 11.8. The SMILES string of the molecule is C=C1[C@H](COP(=O)(O)OP(=O)(O)OP(=O)(O)O)C[C@@H]1n1cnc2c(=O)[nH]c(N)nc21. The molecule has 30 heavy (non-hydrogen) atoms. The minimum atomic E-state index is -5.58. The van der Waals surface area contributed by atoms with Crippen LogP contribution in [0.15, 0.2) is 23.3 Å². The summed E-state index contributed by atoms with van der Waals surface area (Å²) in [5, 5.41) is 0. The zero-order valence-electron chi connectivity index (χ0n) is 14.8. The van der Waals surface area contributed by atoms with Crippen molar-refractivity contribution in [2.75, 3.05) is 12.3 Å². The Hall–Kier alpha value is -1.70. The van der Waals surface area contributed by atoms with Crippen molar-refractivity contribution < 1.29 is 46.4 Å². The highest BCUT2D eigenvalue weighted by Gasteiger charge is 2.43. The summed E-state index contributed by atoms with van der Waals surface area (Å²) < 4.78 is 47.1. The molecule has 0 radical (unpaired) electrons. The van der Waals surface area contributed by atoms with Crippen LogP contribution in [0.4, 0.5) is 5.95 Å².